The largest absolute Gasteiger partial charge is 0.454 e. The molecule has 24 heavy (non-hydrogen) atoms. The fourth-order valence-electron chi connectivity index (χ4n) is 2.38. The van der Waals surface area contributed by atoms with Crippen LogP contribution >= 0.6 is 21.6 Å². The van der Waals surface area contributed by atoms with Crippen LogP contribution in [0.2, 0.25) is 0 Å². The minimum atomic E-state index is -4.96. The van der Waals surface area contributed by atoms with Crippen molar-refractivity contribution in [3.05, 3.63) is 29.8 Å². The zero-order chi connectivity index (χ0) is 17.6. The van der Waals surface area contributed by atoms with Crippen molar-refractivity contribution in [3.63, 3.8) is 0 Å². The number of nitrogens with one attached hydrogen (secondary N) is 1. The van der Waals surface area contributed by atoms with Crippen LogP contribution in [-0.4, -0.2) is 28.9 Å². The van der Waals surface area contributed by atoms with Gasteiger partial charge in [0, 0.05) is 17.4 Å². The number of rotatable bonds is 7. The summed E-state index contributed by atoms with van der Waals surface area (Å²) in [5.74, 6) is -1.15. The van der Waals surface area contributed by atoms with E-state index in [1.807, 2.05) is 21.6 Å². The Bertz CT molecular complexity index is 587. The molecular formula is C16H18F3NO2S2. The van der Waals surface area contributed by atoms with Crippen molar-refractivity contribution in [3.8, 4) is 0 Å². The van der Waals surface area contributed by atoms with Crippen molar-refractivity contribution >= 4 is 39.0 Å². The number of hydrogen-bond acceptors (Lipinski definition) is 4. The number of halogens is 3. The van der Waals surface area contributed by atoms with Crippen molar-refractivity contribution in [2.75, 3.05) is 11.1 Å². The van der Waals surface area contributed by atoms with E-state index in [0.29, 0.717) is 11.7 Å². The molecule has 1 amide bonds. The van der Waals surface area contributed by atoms with Gasteiger partial charge in [0.05, 0.1) is 11.3 Å². The highest BCUT2D eigenvalue weighted by Gasteiger charge is 2.40. The zero-order valence-corrected chi connectivity index (χ0v) is 14.5. The summed E-state index contributed by atoms with van der Waals surface area (Å²) in [5.41, 5.74) is -0.620. The minimum Gasteiger partial charge on any atom is -0.325 e. The van der Waals surface area contributed by atoms with Crippen LogP contribution in [0.5, 0.6) is 0 Å². The molecule has 2 rings (SSSR count). The second kappa shape index (κ2) is 8.80. The van der Waals surface area contributed by atoms with E-state index in [-0.39, 0.29) is 18.0 Å². The molecule has 0 aliphatic carbocycles. The van der Waals surface area contributed by atoms with Gasteiger partial charge in [-0.1, -0.05) is 40.1 Å². The molecule has 1 fully saturated rings. The molecule has 0 radical (unpaired) electrons. The molecular weight excluding hydrogens is 359 g/mol. The Balaban J connectivity index is 1.84. The number of Topliss-reactive ketones (excluding diaryl/α,β-unsaturated/α-hetero) is 1. The summed E-state index contributed by atoms with van der Waals surface area (Å²) < 4.78 is 37.7. The standard InChI is InChI=1S/C16H18F3NO2S2/c17-16(18,19)15(22)12-6-2-3-7-13(12)20-14(21)8-4-1-5-11-9-10-23-24-11/h2-3,6-7,11H,1,4-5,8-10H2,(H,20,21). The summed E-state index contributed by atoms with van der Waals surface area (Å²) in [7, 11) is 3.75. The van der Waals surface area contributed by atoms with E-state index in [4.69, 9.17) is 0 Å². The number of ketones is 1. The van der Waals surface area contributed by atoms with Crippen LogP contribution in [0.25, 0.3) is 0 Å². The lowest BCUT2D eigenvalue weighted by atomic mass is 10.1. The zero-order valence-electron chi connectivity index (χ0n) is 12.9. The lowest BCUT2D eigenvalue weighted by molar-refractivity contribution is -0.116. The molecule has 1 aliphatic rings. The monoisotopic (exact) mass is 377 g/mol. The van der Waals surface area contributed by atoms with Gasteiger partial charge in [0.25, 0.3) is 5.78 Å². The molecule has 1 heterocycles. The fraction of sp³-hybridized carbons (Fsp3) is 0.500. The molecule has 1 unspecified atom stereocenters. The predicted octanol–water partition coefficient (Wildman–Crippen LogP) is 5.08. The van der Waals surface area contributed by atoms with Crippen LogP contribution in [0.1, 0.15) is 42.5 Å². The average molecular weight is 377 g/mol. The lowest BCUT2D eigenvalue weighted by Gasteiger charge is -2.12. The highest BCUT2D eigenvalue weighted by molar-refractivity contribution is 8.77. The van der Waals surface area contributed by atoms with Gasteiger partial charge in [0.15, 0.2) is 0 Å². The number of alkyl halides is 3. The number of anilines is 1. The molecule has 3 nitrogen and oxygen atoms in total. The maximum absolute atomic E-state index is 12.6. The van der Waals surface area contributed by atoms with E-state index >= 15 is 0 Å². The van der Waals surface area contributed by atoms with Crippen LogP contribution in [0.15, 0.2) is 24.3 Å². The summed E-state index contributed by atoms with van der Waals surface area (Å²) in [6, 6.07) is 5.20. The number of benzene rings is 1. The molecule has 0 spiro atoms. The molecule has 0 aromatic heterocycles. The number of carbonyl (C=O) groups is 2. The Morgan fingerprint density at radius 1 is 1.21 bits per heavy atom. The van der Waals surface area contributed by atoms with Gasteiger partial charge in [-0.05, 0) is 31.4 Å². The van der Waals surface area contributed by atoms with Crippen LogP contribution in [0.3, 0.4) is 0 Å². The van der Waals surface area contributed by atoms with Crippen LogP contribution in [-0.2, 0) is 4.79 Å². The van der Waals surface area contributed by atoms with Crippen LogP contribution in [0, 0.1) is 0 Å². The summed E-state index contributed by atoms with van der Waals surface area (Å²) in [6.45, 7) is 0. The van der Waals surface area contributed by atoms with E-state index in [1.165, 1.54) is 30.4 Å². The second-order valence-electron chi connectivity index (χ2n) is 5.50. The smallest absolute Gasteiger partial charge is 0.325 e. The Labute approximate surface area is 146 Å². The molecule has 8 heteroatoms. The van der Waals surface area contributed by atoms with Crippen molar-refractivity contribution in [2.45, 2.75) is 43.5 Å². The molecule has 0 saturated carbocycles. The molecule has 1 atom stereocenters. The number of unbranched alkanes of at least 4 members (excludes halogenated alkanes) is 1. The van der Waals surface area contributed by atoms with Crippen molar-refractivity contribution in [1.82, 2.24) is 0 Å². The number of hydrogen-bond donors (Lipinski definition) is 1. The first kappa shape index (κ1) is 19.2. The predicted molar refractivity (Wildman–Crippen MR) is 92.4 cm³/mol. The average Bonchev–Trinajstić information content (AvgIpc) is 3.04. The van der Waals surface area contributed by atoms with E-state index in [0.717, 1.165) is 18.9 Å². The molecule has 1 N–H and O–H groups in total. The fourth-order valence-corrected chi connectivity index (χ4v) is 5.41. The maximum atomic E-state index is 12.6. The van der Waals surface area contributed by atoms with Crippen molar-refractivity contribution in [2.24, 2.45) is 0 Å². The van der Waals surface area contributed by atoms with Gasteiger partial charge < -0.3 is 5.32 Å². The second-order valence-corrected chi connectivity index (χ2v) is 8.28. The van der Waals surface area contributed by atoms with E-state index in [1.54, 1.807) is 0 Å². The van der Waals surface area contributed by atoms with Crippen molar-refractivity contribution < 1.29 is 22.8 Å². The van der Waals surface area contributed by atoms with Crippen LogP contribution in [0.4, 0.5) is 18.9 Å². The first-order valence-corrected chi connectivity index (χ1v) is 10.0. The molecule has 1 saturated heterocycles. The van der Waals surface area contributed by atoms with Gasteiger partial charge >= 0.3 is 6.18 Å². The first-order valence-electron chi connectivity index (χ1n) is 7.66. The Hall–Kier alpha value is -1.15. The van der Waals surface area contributed by atoms with E-state index in [2.05, 4.69) is 5.32 Å². The Morgan fingerprint density at radius 3 is 2.62 bits per heavy atom. The number of carbonyl (C=O) groups excluding carboxylic acids is 2. The molecule has 1 aromatic rings. The third-order valence-electron chi connectivity index (χ3n) is 3.61. The van der Waals surface area contributed by atoms with Gasteiger partial charge in [-0.25, -0.2) is 0 Å². The molecule has 1 aromatic carbocycles. The summed E-state index contributed by atoms with van der Waals surface area (Å²) >= 11 is 0. The molecule has 0 bridgehead atoms. The van der Waals surface area contributed by atoms with E-state index < -0.39 is 17.5 Å². The molecule has 132 valence electrons. The maximum Gasteiger partial charge on any atom is 0.454 e. The highest BCUT2D eigenvalue weighted by Crippen LogP contribution is 2.39. The Morgan fingerprint density at radius 2 is 1.96 bits per heavy atom. The van der Waals surface area contributed by atoms with Gasteiger partial charge in [0.2, 0.25) is 5.91 Å². The summed E-state index contributed by atoms with van der Waals surface area (Å²) in [6.07, 6.45) is -0.892. The number of amides is 1. The van der Waals surface area contributed by atoms with Gasteiger partial charge in [-0.3, -0.25) is 9.59 Å². The van der Waals surface area contributed by atoms with E-state index in [9.17, 15) is 22.8 Å². The minimum absolute atomic E-state index is 0.0902. The molecule has 1 aliphatic heterocycles. The van der Waals surface area contributed by atoms with Gasteiger partial charge in [-0.2, -0.15) is 13.2 Å². The van der Waals surface area contributed by atoms with Gasteiger partial charge in [0.1, 0.15) is 0 Å². The topological polar surface area (TPSA) is 46.2 Å². The Kier molecular flexibility index (Phi) is 7.03. The summed E-state index contributed by atoms with van der Waals surface area (Å²) in [5, 5.41) is 3.06. The van der Waals surface area contributed by atoms with Gasteiger partial charge in [-0.15, -0.1) is 0 Å². The quantitative estimate of drug-likeness (QED) is 0.409. The van der Waals surface area contributed by atoms with Crippen molar-refractivity contribution in [1.29, 1.82) is 0 Å². The third kappa shape index (κ3) is 5.73. The third-order valence-corrected chi connectivity index (χ3v) is 6.62. The SMILES string of the molecule is O=C(CCCCC1CCSS1)Nc1ccccc1C(=O)C(F)(F)F. The highest BCUT2D eigenvalue weighted by atomic mass is 33.1. The summed E-state index contributed by atoms with van der Waals surface area (Å²) in [4.78, 5) is 23.3. The first-order chi connectivity index (χ1) is 11.4. The lowest BCUT2D eigenvalue weighted by Crippen LogP contribution is -2.24. The van der Waals surface area contributed by atoms with Crippen LogP contribution < -0.4 is 5.32 Å². The normalized spacial score (nSPS) is 17.7. The number of para-hydroxylation sites is 1.